The van der Waals surface area contributed by atoms with E-state index in [0.29, 0.717) is 23.5 Å². The number of carbonyl (C=O) groups excluding carboxylic acids is 1. The second kappa shape index (κ2) is 8.43. The van der Waals surface area contributed by atoms with Crippen LogP contribution in [-0.4, -0.2) is 26.7 Å². The first-order valence-corrected chi connectivity index (χ1v) is 9.82. The van der Waals surface area contributed by atoms with E-state index in [1.165, 1.54) is 27.4 Å². The molecule has 0 bridgehead atoms. The Morgan fingerprint density at radius 1 is 1.13 bits per heavy atom. The molecule has 0 unspecified atom stereocenters. The monoisotopic (exact) mass is 420 g/mol. The molecule has 2 heterocycles. The van der Waals surface area contributed by atoms with E-state index in [9.17, 15) is 14.0 Å². The summed E-state index contributed by atoms with van der Waals surface area (Å²) in [6.07, 6.45) is 3.12. The highest BCUT2D eigenvalue weighted by Gasteiger charge is 2.12. The summed E-state index contributed by atoms with van der Waals surface area (Å²) >= 11 is 0. The van der Waals surface area contributed by atoms with Gasteiger partial charge in [0.05, 0.1) is 12.3 Å². The lowest BCUT2D eigenvalue weighted by atomic mass is 10.1. The first-order valence-electron chi connectivity index (χ1n) is 9.82. The van der Waals surface area contributed by atoms with Gasteiger partial charge >= 0.3 is 0 Å². The van der Waals surface area contributed by atoms with Crippen molar-refractivity contribution in [3.05, 3.63) is 82.7 Å². The fourth-order valence-corrected chi connectivity index (χ4v) is 3.25. The molecule has 4 aromatic rings. The smallest absolute Gasteiger partial charge is 0.277 e. The molecule has 4 rings (SSSR count). The number of hydrogen-bond donors (Lipinski definition) is 1. The molecule has 8 heteroatoms. The van der Waals surface area contributed by atoms with Crippen LogP contribution in [0.4, 0.5) is 10.1 Å². The van der Waals surface area contributed by atoms with Crippen LogP contribution < -0.4 is 15.6 Å². The molecule has 0 spiro atoms. The number of rotatable bonds is 6. The SMILES string of the molecule is CCOc1ccc(-c2cc3c(=O)n(CC(=O)Nc4cc(F)ccc4C)ccn3n2)cc1. The van der Waals surface area contributed by atoms with Crippen LogP contribution in [0, 0.1) is 12.7 Å². The van der Waals surface area contributed by atoms with Crippen molar-refractivity contribution in [2.24, 2.45) is 0 Å². The average molecular weight is 420 g/mol. The summed E-state index contributed by atoms with van der Waals surface area (Å²) in [5.41, 5.74) is 2.59. The van der Waals surface area contributed by atoms with Gasteiger partial charge in [-0.25, -0.2) is 8.91 Å². The number of anilines is 1. The summed E-state index contributed by atoms with van der Waals surface area (Å²) in [6.45, 7) is 4.07. The third-order valence-corrected chi connectivity index (χ3v) is 4.85. The molecule has 2 aromatic heterocycles. The van der Waals surface area contributed by atoms with Crippen molar-refractivity contribution in [3.63, 3.8) is 0 Å². The molecule has 31 heavy (non-hydrogen) atoms. The Balaban J connectivity index is 1.57. The number of amides is 1. The maximum absolute atomic E-state index is 13.4. The Bertz CT molecular complexity index is 1310. The van der Waals surface area contributed by atoms with Crippen LogP contribution in [0.25, 0.3) is 16.8 Å². The number of nitrogens with one attached hydrogen (secondary N) is 1. The van der Waals surface area contributed by atoms with Gasteiger partial charge in [0.2, 0.25) is 5.91 Å². The quantitative estimate of drug-likeness (QED) is 0.517. The van der Waals surface area contributed by atoms with E-state index >= 15 is 0 Å². The molecule has 7 nitrogen and oxygen atoms in total. The minimum atomic E-state index is -0.444. The van der Waals surface area contributed by atoms with Crippen molar-refractivity contribution in [3.8, 4) is 17.0 Å². The minimum Gasteiger partial charge on any atom is -0.494 e. The second-order valence-corrected chi connectivity index (χ2v) is 7.06. The molecular weight excluding hydrogens is 399 g/mol. The van der Waals surface area contributed by atoms with E-state index in [0.717, 1.165) is 16.9 Å². The molecular formula is C23H21FN4O3. The third kappa shape index (κ3) is 4.32. The van der Waals surface area contributed by atoms with Gasteiger partial charge in [-0.3, -0.25) is 9.59 Å². The number of aromatic nitrogens is 3. The zero-order chi connectivity index (χ0) is 22.0. The van der Waals surface area contributed by atoms with Gasteiger partial charge in [-0.15, -0.1) is 0 Å². The van der Waals surface area contributed by atoms with E-state index in [2.05, 4.69) is 10.4 Å². The average Bonchev–Trinajstić information content (AvgIpc) is 3.19. The molecule has 0 aliphatic heterocycles. The minimum absolute atomic E-state index is 0.200. The lowest BCUT2D eigenvalue weighted by Crippen LogP contribution is -2.28. The molecule has 1 N–H and O–H groups in total. The molecule has 0 saturated carbocycles. The van der Waals surface area contributed by atoms with Gasteiger partial charge in [0.25, 0.3) is 5.56 Å². The van der Waals surface area contributed by atoms with Crippen molar-refractivity contribution < 1.29 is 13.9 Å². The molecule has 1 amide bonds. The van der Waals surface area contributed by atoms with Crippen LogP contribution in [0.1, 0.15) is 12.5 Å². The lowest BCUT2D eigenvalue weighted by Gasteiger charge is -2.10. The Morgan fingerprint density at radius 2 is 1.90 bits per heavy atom. The summed E-state index contributed by atoms with van der Waals surface area (Å²) in [7, 11) is 0. The molecule has 0 aliphatic rings. The molecule has 0 atom stereocenters. The fraction of sp³-hybridized carbons (Fsp3) is 0.174. The molecule has 2 aromatic carbocycles. The van der Waals surface area contributed by atoms with Crippen molar-refractivity contribution in [2.75, 3.05) is 11.9 Å². The summed E-state index contributed by atoms with van der Waals surface area (Å²) < 4.78 is 21.7. The van der Waals surface area contributed by atoms with E-state index in [4.69, 9.17) is 4.74 Å². The maximum atomic E-state index is 13.4. The van der Waals surface area contributed by atoms with Crippen molar-refractivity contribution >= 4 is 17.1 Å². The summed E-state index contributed by atoms with van der Waals surface area (Å²) in [4.78, 5) is 25.3. The molecule has 0 aliphatic carbocycles. The number of fused-ring (bicyclic) bond motifs is 1. The number of nitrogens with zero attached hydrogens (tertiary/aromatic N) is 3. The van der Waals surface area contributed by atoms with Crippen molar-refractivity contribution in [2.45, 2.75) is 20.4 Å². The number of halogens is 1. The van der Waals surface area contributed by atoms with E-state index in [1.54, 1.807) is 25.3 Å². The normalized spacial score (nSPS) is 10.9. The van der Waals surface area contributed by atoms with E-state index in [-0.39, 0.29) is 12.1 Å². The zero-order valence-corrected chi connectivity index (χ0v) is 17.1. The summed E-state index contributed by atoms with van der Waals surface area (Å²) in [5, 5.41) is 7.10. The Kier molecular flexibility index (Phi) is 5.53. The highest BCUT2D eigenvalue weighted by atomic mass is 19.1. The Hall–Kier alpha value is -3.94. The Labute approximate surface area is 177 Å². The fourth-order valence-electron chi connectivity index (χ4n) is 3.25. The highest BCUT2D eigenvalue weighted by molar-refractivity contribution is 5.91. The van der Waals surface area contributed by atoms with Gasteiger partial charge < -0.3 is 14.6 Å². The summed E-state index contributed by atoms with van der Waals surface area (Å²) in [6, 6.07) is 13.3. The van der Waals surface area contributed by atoms with Crippen LogP contribution in [0.3, 0.4) is 0 Å². The van der Waals surface area contributed by atoms with Gasteiger partial charge in [0.1, 0.15) is 23.6 Å². The van der Waals surface area contributed by atoms with Crippen molar-refractivity contribution in [1.82, 2.24) is 14.2 Å². The molecule has 0 fully saturated rings. The zero-order valence-electron chi connectivity index (χ0n) is 17.1. The Morgan fingerprint density at radius 3 is 2.65 bits per heavy atom. The van der Waals surface area contributed by atoms with Crippen LogP contribution in [-0.2, 0) is 11.3 Å². The predicted octanol–water partition coefficient (Wildman–Crippen LogP) is 3.65. The standard InChI is InChI=1S/C23H21FN4O3/c1-3-31-18-8-5-16(6-9-18)20-13-21-23(30)27(10-11-28(21)26-20)14-22(29)25-19-12-17(24)7-4-15(19)2/h4-13H,3,14H2,1-2H3,(H,25,29). The molecule has 0 radical (unpaired) electrons. The van der Waals surface area contributed by atoms with Gasteiger partial charge in [-0.1, -0.05) is 6.07 Å². The highest BCUT2D eigenvalue weighted by Crippen LogP contribution is 2.22. The van der Waals surface area contributed by atoms with Crippen LogP contribution in [0.5, 0.6) is 5.75 Å². The first kappa shape index (κ1) is 20.3. The second-order valence-electron chi connectivity index (χ2n) is 7.06. The van der Waals surface area contributed by atoms with Crippen LogP contribution >= 0.6 is 0 Å². The van der Waals surface area contributed by atoms with E-state index < -0.39 is 11.7 Å². The van der Waals surface area contributed by atoms with Gasteiger partial charge in [0.15, 0.2) is 0 Å². The first-order chi connectivity index (χ1) is 14.9. The van der Waals surface area contributed by atoms with Gasteiger partial charge in [-0.05, 0) is 61.9 Å². The summed E-state index contributed by atoms with van der Waals surface area (Å²) in [5.74, 6) is -0.108. The van der Waals surface area contributed by atoms with Crippen molar-refractivity contribution in [1.29, 1.82) is 0 Å². The van der Waals surface area contributed by atoms with Gasteiger partial charge in [0, 0.05) is 23.6 Å². The van der Waals surface area contributed by atoms with Crippen LogP contribution in [0.2, 0.25) is 0 Å². The lowest BCUT2D eigenvalue weighted by molar-refractivity contribution is -0.116. The van der Waals surface area contributed by atoms with Crippen LogP contribution in [0.15, 0.2) is 65.7 Å². The number of ether oxygens (including phenoxy) is 1. The molecule has 0 saturated heterocycles. The number of aryl methyl sites for hydroxylation is 1. The van der Waals surface area contributed by atoms with E-state index in [1.807, 2.05) is 31.2 Å². The third-order valence-electron chi connectivity index (χ3n) is 4.85. The predicted molar refractivity (Wildman–Crippen MR) is 116 cm³/mol. The number of carbonyl (C=O) groups is 1. The molecule has 158 valence electrons. The largest absolute Gasteiger partial charge is 0.494 e. The number of hydrogen-bond acceptors (Lipinski definition) is 4. The number of benzene rings is 2. The maximum Gasteiger partial charge on any atom is 0.277 e. The van der Waals surface area contributed by atoms with Gasteiger partial charge in [-0.2, -0.15) is 5.10 Å². The topological polar surface area (TPSA) is 77.6 Å².